The van der Waals surface area contributed by atoms with Gasteiger partial charge in [0.15, 0.2) is 0 Å². The number of nitrogens with zero attached hydrogens (tertiary/aromatic N) is 2. The molecule has 1 aliphatic carbocycles. The minimum atomic E-state index is 0.668. The highest BCUT2D eigenvalue weighted by atomic mass is 15.1. The fraction of sp³-hybridized carbons (Fsp3) is 0.909. The number of hydrogen-bond acceptors (Lipinski definition) is 2. The predicted molar refractivity (Wildman–Crippen MR) is 54.3 cm³/mol. The van der Waals surface area contributed by atoms with E-state index in [1.165, 1.54) is 25.7 Å². The molecule has 1 saturated carbocycles. The molecule has 0 spiro atoms. The smallest absolute Gasteiger partial charge is 0.0635 e. The maximum atomic E-state index is 8.49. The van der Waals surface area contributed by atoms with Gasteiger partial charge in [0.1, 0.15) is 0 Å². The van der Waals surface area contributed by atoms with Gasteiger partial charge in [0.2, 0.25) is 0 Å². The topological polar surface area (TPSA) is 27.0 Å². The summed E-state index contributed by atoms with van der Waals surface area (Å²) in [6.07, 6.45) is 6.07. The first kappa shape index (κ1) is 10.5. The van der Waals surface area contributed by atoms with Crippen molar-refractivity contribution in [2.24, 2.45) is 5.92 Å². The Kier molecular flexibility index (Phi) is 4.24. The highest BCUT2D eigenvalue weighted by Crippen LogP contribution is 2.26. The second-order valence-electron chi connectivity index (χ2n) is 4.31. The first-order chi connectivity index (χ1) is 6.24. The SMILES string of the molecule is CC1CCCC(N(C)CCC#N)C1. The van der Waals surface area contributed by atoms with Crippen LogP contribution < -0.4 is 0 Å². The van der Waals surface area contributed by atoms with E-state index in [0.29, 0.717) is 6.42 Å². The third-order valence-electron chi connectivity index (χ3n) is 3.11. The molecule has 13 heavy (non-hydrogen) atoms. The summed E-state index contributed by atoms with van der Waals surface area (Å²) < 4.78 is 0. The molecule has 0 saturated heterocycles. The van der Waals surface area contributed by atoms with Gasteiger partial charge in [0.25, 0.3) is 0 Å². The van der Waals surface area contributed by atoms with E-state index in [0.717, 1.165) is 18.5 Å². The van der Waals surface area contributed by atoms with Crippen LogP contribution in [0.5, 0.6) is 0 Å². The van der Waals surface area contributed by atoms with Crippen LogP contribution in [0.15, 0.2) is 0 Å². The number of hydrogen-bond donors (Lipinski definition) is 0. The lowest BCUT2D eigenvalue weighted by atomic mass is 9.86. The summed E-state index contributed by atoms with van der Waals surface area (Å²) in [5, 5.41) is 8.49. The van der Waals surface area contributed by atoms with Crippen LogP contribution in [-0.2, 0) is 0 Å². The number of rotatable bonds is 3. The van der Waals surface area contributed by atoms with Crippen LogP contribution in [0.25, 0.3) is 0 Å². The molecule has 0 aromatic carbocycles. The third kappa shape index (κ3) is 3.36. The Bertz CT molecular complexity index is 183. The molecule has 2 atom stereocenters. The zero-order valence-electron chi connectivity index (χ0n) is 8.79. The lowest BCUT2D eigenvalue weighted by Gasteiger charge is -2.33. The maximum Gasteiger partial charge on any atom is 0.0635 e. The Morgan fingerprint density at radius 1 is 1.46 bits per heavy atom. The second-order valence-corrected chi connectivity index (χ2v) is 4.31. The fourth-order valence-corrected chi connectivity index (χ4v) is 2.21. The average Bonchev–Trinajstić information content (AvgIpc) is 2.14. The molecule has 2 nitrogen and oxygen atoms in total. The van der Waals surface area contributed by atoms with E-state index in [9.17, 15) is 0 Å². The normalized spacial score (nSPS) is 28.8. The van der Waals surface area contributed by atoms with E-state index in [-0.39, 0.29) is 0 Å². The molecule has 2 unspecified atom stereocenters. The van der Waals surface area contributed by atoms with Crippen molar-refractivity contribution in [3.63, 3.8) is 0 Å². The van der Waals surface area contributed by atoms with Crippen molar-refractivity contribution >= 4 is 0 Å². The molecular weight excluding hydrogens is 160 g/mol. The lowest BCUT2D eigenvalue weighted by Crippen LogP contribution is -2.36. The van der Waals surface area contributed by atoms with Crippen LogP contribution in [0.1, 0.15) is 39.0 Å². The largest absolute Gasteiger partial charge is 0.302 e. The first-order valence-electron chi connectivity index (χ1n) is 5.31. The van der Waals surface area contributed by atoms with Gasteiger partial charge in [-0.05, 0) is 25.8 Å². The summed E-state index contributed by atoms with van der Waals surface area (Å²) in [5.74, 6) is 0.878. The summed E-state index contributed by atoms with van der Waals surface area (Å²) in [7, 11) is 2.15. The van der Waals surface area contributed by atoms with Crippen LogP contribution in [0.2, 0.25) is 0 Å². The minimum Gasteiger partial charge on any atom is -0.302 e. The van der Waals surface area contributed by atoms with Crippen molar-refractivity contribution in [2.75, 3.05) is 13.6 Å². The van der Waals surface area contributed by atoms with Crippen LogP contribution in [0, 0.1) is 17.2 Å². The van der Waals surface area contributed by atoms with Crippen LogP contribution in [0.4, 0.5) is 0 Å². The third-order valence-corrected chi connectivity index (χ3v) is 3.11. The Morgan fingerprint density at radius 2 is 2.23 bits per heavy atom. The Morgan fingerprint density at radius 3 is 2.85 bits per heavy atom. The van der Waals surface area contributed by atoms with Crippen molar-refractivity contribution < 1.29 is 0 Å². The average molecular weight is 180 g/mol. The highest BCUT2D eigenvalue weighted by molar-refractivity contribution is 4.79. The van der Waals surface area contributed by atoms with Crippen LogP contribution in [0.3, 0.4) is 0 Å². The molecule has 1 aliphatic rings. The van der Waals surface area contributed by atoms with Gasteiger partial charge in [-0.25, -0.2) is 0 Å². The van der Waals surface area contributed by atoms with E-state index in [1.807, 2.05) is 0 Å². The summed E-state index contributed by atoms with van der Waals surface area (Å²) in [6, 6.07) is 2.94. The maximum absolute atomic E-state index is 8.49. The molecule has 1 fully saturated rings. The zero-order valence-corrected chi connectivity index (χ0v) is 8.79. The minimum absolute atomic E-state index is 0.668. The fourth-order valence-electron chi connectivity index (χ4n) is 2.21. The van der Waals surface area contributed by atoms with E-state index in [4.69, 9.17) is 5.26 Å². The molecule has 0 aromatic rings. The summed E-state index contributed by atoms with van der Waals surface area (Å²) >= 11 is 0. The summed E-state index contributed by atoms with van der Waals surface area (Å²) in [5.41, 5.74) is 0. The van der Waals surface area contributed by atoms with Gasteiger partial charge in [-0.3, -0.25) is 0 Å². The van der Waals surface area contributed by atoms with Gasteiger partial charge in [-0.15, -0.1) is 0 Å². The van der Waals surface area contributed by atoms with E-state index >= 15 is 0 Å². The van der Waals surface area contributed by atoms with Crippen molar-refractivity contribution in [1.29, 1.82) is 5.26 Å². The Balaban J connectivity index is 2.29. The lowest BCUT2D eigenvalue weighted by molar-refractivity contribution is 0.167. The zero-order chi connectivity index (χ0) is 9.68. The van der Waals surface area contributed by atoms with Gasteiger partial charge in [-0.2, -0.15) is 5.26 Å². The first-order valence-corrected chi connectivity index (χ1v) is 5.31. The second kappa shape index (κ2) is 5.24. The molecule has 0 radical (unpaired) electrons. The van der Waals surface area contributed by atoms with E-state index in [2.05, 4.69) is 24.9 Å². The molecule has 2 heteroatoms. The Hall–Kier alpha value is -0.550. The summed E-state index contributed by atoms with van der Waals surface area (Å²) in [6.45, 7) is 3.28. The molecule has 0 amide bonds. The van der Waals surface area contributed by atoms with Crippen molar-refractivity contribution in [3.05, 3.63) is 0 Å². The van der Waals surface area contributed by atoms with E-state index < -0.39 is 0 Å². The predicted octanol–water partition coefficient (Wildman–Crippen LogP) is 2.41. The molecule has 0 N–H and O–H groups in total. The molecule has 1 rings (SSSR count). The number of nitriles is 1. The van der Waals surface area contributed by atoms with Gasteiger partial charge in [0, 0.05) is 19.0 Å². The van der Waals surface area contributed by atoms with Crippen molar-refractivity contribution in [2.45, 2.75) is 45.1 Å². The van der Waals surface area contributed by atoms with Crippen molar-refractivity contribution in [3.8, 4) is 6.07 Å². The molecule has 0 bridgehead atoms. The summed E-state index contributed by atoms with van der Waals surface area (Å²) in [4.78, 5) is 2.36. The highest BCUT2D eigenvalue weighted by Gasteiger charge is 2.21. The van der Waals surface area contributed by atoms with Crippen molar-refractivity contribution in [1.82, 2.24) is 4.90 Å². The van der Waals surface area contributed by atoms with Crippen LogP contribution >= 0.6 is 0 Å². The molecule has 0 aliphatic heterocycles. The standard InChI is InChI=1S/C11H20N2/c1-10-5-3-6-11(9-10)13(2)8-4-7-12/h10-11H,3-6,8-9H2,1-2H3. The monoisotopic (exact) mass is 180 g/mol. The van der Waals surface area contributed by atoms with Gasteiger partial charge < -0.3 is 4.90 Å². The van der Waals surface area contributed by atoms with Gasteiger partial charge in [0.05, 0.1) is 6.07 Å². The Labute approximate surface area is 81.5 Å². The van der Waals surface area contributed by atoms with Gasteiger partial charge >= 0.3 is 0 Å². The molecule has 0 aromatic heterocycles. The van der Waals surface area contributed by atoms with E-state index in [1.54, 1.807) is 0 Å². The quantitative estimate of drug-likeness (QED) is 0.667. The molecule has 74 valence electrons. The van der Waals surface area contributed by atoms with Gasteiger partial charge in [-0.1, -0.05) is 19.8 Å². The van der Waals surface area contributed by atoms with Crippen LogP contribution in [-0.4, -0.2) is 24.5 Å². The molecule has 0 heterocycles. The molecular formula is C11H20N2.